The molecule has 1 unspecified atom stereocenters. The molecule has 0 aromatic heterocycles. The fourth-order valence-electron chi connectivity index (χ4n) is 6.93. The Balaban J connectivity index is 1.35. The Bertz CT molecular complexity index is 1630. The predicted molar refractivity (Wildman–Crippen MR) is 192 cm³/mol. The van der Waals surface area contributed by atoms with Gasteiger partial charge in [-0.2, -0.15) is 0 Å². The number of aryl methyl sites for hydroxylation is 1. The number of allylic oxidation sites excluding steroid dienone is 2. The lowest BCUT2D eigenvalue weighted by atomic mass is 9.79. The van der Waals surface area contributed by atoms with E-state index in [1.165, 1.54) is 18.4 Å². The largest absolute Gasteiger partial charge is 0.493 e. The second-order valence-electron chi connectivity index (χ2n) is 12.4. The molecule has 1 saturated heterocycles. The van der Waals surface area contributed by atoms with Crippen molar-refractivity contribution in [2.24, 2.45) is 0 Å². The Hall–Kier alpha value is -4.76. The number of piperazine rings is 1. The molecule has 3 aromatic carbocycles. The van der Waals surface area contributed by atoms with Crippen molar-refractivity contribution in [2.75, 3.05) is 72.1 Å². The summed E-state index contributed by atoms with van der Waals surface area (Å²) >= 11 is 0. The van der Waals surface area contributed by atoms with E-state index < -0.39 is 17.9 Å². The van der Waals surface area contributed by atoms with Crippen molar-refractivity contribution < 1.29 is 28.5 Å². The van der Waals surface area contributed by atoms with Crippen LogP contribution in [0.3, 0.4) is 0 Å². The summed E-state index contributed by atoms with van der Waals surface area (Å²) in [4.78, 5) is 34.6. The first kappa shape index (κ1) is 35.5. The third kappa shape index (κ3) is 8.46. The maximum Gasteiger partial charge on any atom is 0.336 e. The fourth-order valence-corrected chi connectivity index (χ4v) is 6.93. The highest BCUT2D eigenvalue weighted by Crippen LogP contribution is 2.45. The highest BCUT2D eigenvalue weighted by atomic mass is 16.5. The molecule has 260 valence electrons. The Labute approximate surface area is 290 Å². The molecule has 49 heavy (non-hydrogen) atoms. The van der Waals surface area contributed by atoms with Crippen LogP contribution in [0, 0.1) is 0 Å². The van der Waals surface area contributed by atoms with Crippen LogP contribution in [0.25, 0.3) is 0 Å². The van der Waals surface area contributed by atoms with Crippen molar-refractivity contribution in [3.63, 3.8) is 0 Å². The van der Waals surface area contributed by atoms with Crippen LogP contribution in [0.2, 0.25) is 0 Å². The van der Waals surface area contributed by atoms with Crippen molar-refractivity contribution in [3.8, 4) is 11.5 Å². The van der Waals surface area contributed by atoms with Crippen LogP contribution in [0.5, 0.6) is 11.5 Å². The van der Waals surface area contributed by atoms with Gasteiger partial charge in [-0.25, -0.2) is 9.59 Å². The topological polar surface area (TPSA) is 80.8 Å². The van der Waals surface area contributed by atoms with Crippen molar-refractivity contribution in [1.82, 2.24) is 9.80 Å². The molecule has 0 saturated carbocycles. The molecule has 0 spiro atoms. The normalized spacial score (nSPS) is 16.9. The monoisotopic (exact) mass is 667 g/mol. The average molecular weight is 668 g/mol. The maximum absolute atomic E-state index is 14.2. The number of anilines is 1. The molecule has 0 aliphatic carbocycles. The van der Waals surface area contributed by atoms with E-state index in [4.69, 9.17) is 18.9 Å². The van der Waals surface area contributed by atoms with Gasteiger partial charge in [0.05, 0.1) is 45.0 Å². The first-order chi connectivity index (χ1) is 23.9. The van der Waals surface area contributed by atoms with Gasteiger partial charge in [0.1, 0.15) is 0 Å². The van der Waals surface area contributed by atoms with Crippen molar-refractivity contribution in [3.05, 3.63) is 113 Å². The van der Waals surface area contributed by atoms with Gasteiger partial charge in [-0.15, -0.1) is 0 Å². The summed E-state index contributed by atoms with van der Waals surface area (Å²) in [5.41, 5.74) is 5.55. The van der Waals surface area contributed by atoms with E-state index in [1.807, 2.05) is 50.2 Å². The van der Waals surface area contributed by atoms with Gasteiger partial charge in [0.15, 0.2) is 11.5 Å². The molecule has 0 bridgehead atoms. The van der Waals surface area contributed by atoms with E-state index in [-0.39, 0.29) is 6.61 Å². The molecule has 2 heterocycles. The zero-order valence-electron chi connectivity index (χ0n) is 29.4. The standard InChI is InChI=1S/C40H49N3O6/c1-29-36(39(44)48-5)38(32-19-20-34(46-3)35(28-32)47-4)37(30(2)43(29)22-12-16-31-14-8-6-9-15-31)40(45)49-27-13-21-41-23-25-42(26-24-41)33-17-10-7-11-18-33/h6-11,14-15,17-20,28,38H,12-13,16,21-27H2,1-5H3. The van der Waals surface area contributed by atoms with Crippen molar-refractivity contribution in [2.45, 2.75) is 39.0 Å². The second-order valence-corrected chi connectivity index (χ2v) is 12.4. The summed E-state index contributed by atoms with van der Waals surface area (Å²) in [6.07, 6.45) is 2.40. The van der Waals surface area contributed by atoms with E-state index in [9.17, 15) is 9.59 Å². The third-order valence-corrected chi connectivity index (χ3v) is 9.57. The van der Waals surface area contributed by atoms with Crippen LogP contribution in [-0.2, 0) is 25.5 Å². The molecular weight excluding hydrogens is 618 g/mol. The number of carbonyl (C=O) groups is 2. The van der Waals surface area contributed by atoms with Gasteiger partial charge in [-0.05, 0) is 68.5 Å². The number of carbonyl (C=O) groups excluding carboxylic acids is 2. The Morgan fingerprint density at radius 1 is 0.714 bits per heavy atom. The van der Waals surface area contributed by atoms with Crippen LogP contribution in [-0.4, -0.2) is 88.9 Å². The van der Waals surface area contributed by atoms with Crippen LogP contribution >= 0.6 is 0 Å². The van der Waals surface area contributed by atoms with E-state index in [0.717, 1.165) is 57.0 Å². The molecule has 0 amide bonds. The molecule has 2 aliphatic heterocycles. The first-order valence-electron chi connectivity index (χ1n) is 17.1. The summed E-state index contributed by atoms with van der Waals surface area (Å²) in [6.45, 7) is 9.44. The van der Waals surface area contributed by atoms with Crippen molar-refractivity contribution in [1.29, 1.82) is 0 Å². The first-order valence-corrected chi connectivity index (χ1v) is 17.1. The Kier molecular flexibility index (Phi) is 12.4. The summed E-state index contributed by atoms with van der Waals surface area (Å²) in [5.74, 6) is -0.577. The fraction of sp³-hybridized carbons (Fsp3) is 0.400. The Morgan fingerprint density at radius 3 is 1.98 bits per heavy atom. The number of hydrogen-bond acceptors (Lipinski definition) is 9. The minimum Gasteiger partial charge on any atom is -0.493 e. The molecule has 9 nitrogen and oxygen atoms in total. The molecule has 3 aromatic rings. The third-order valence-electron chi connectivity index (χ3n) is 9.57. The van der Waals surface area contributed by atoms with Gasteiger partial charge >= 0.3 is 11.9 Å². The number of ether oxygens (including phenoxy) is 4. The second kappa shape index (κ2) is 17.1. The zero-order valence-corrected chi connectivity index (χ0v) is 29.4. The lowest BCUT2D eigenvalue weighted by Gasteiger charge is -2.38. The van der Waals surface area contributed by atoms with E-state index in [0.29, 0.717) is 41.2 Å². The highest BCUT2D eigenvalue weighted by molar-refractivity contribution is 6.00. The van der Waals surface area contributed by atoms with E-state index >= 15 is 0 Å². The molecule has 2 aliphatic rings. The summed E-state index contributed by atoms with van der Waals surface area (Å²) in [7, 11) is 4.51. The van der Waals surface area contributed by atoms with Crippen LogP contribution in [0.4, 0.5) is 5.69 Å². The predicted octanol–water partition coefficient (Wildman–Crippen LogP) is 6.21. The minimum atomic E-state index is -0.712. The van der Waals surface area contributed by atoms with E-state index in [2.05, 4.69) is 51.1 Å². The number of para-hydroxylation sites is 1. The van der Waals surface area contributed by atoms with Gasteiger partial charge < -0.3 is 28.7 Å². The molecule has 1 atom stereocenters. The molecule has 0 N–H and O–H groups in total. The lowest BCUT2D eigenvalue weighted by Crippen LogP contribution is -2.46. The molecule has 1 fully saturated rings. The minimum absolute atomic E-state index is 0.275. The van der Waals surface area contributed by atoms with Gasteiger partial charge in [-0.1, -0.05) is 54.6 Å². The number of benzene rings is 3. The molecule has 5 rings (SSSR count). The van der Waals surface area contributed by atoms with Gasteiger partial charge in [0.2, 0.25) is 0 Å². The quantitative estimate of drug-likeness (QED) is 0.147. The summed E-state index contributed by atoms with van der Waals surface area (Å²) < 4.78 is 22.5. The summed E-state index contributed by atoms with van der Waals surface area (Å²) in [5, 5.41) is 0. The molecular formula is C40H49N3O6. The van der Waals surface area contributed by atoms with Crippen LogP contribution in [0.1, 0.15) is 43.7 Å². The molecule has 0 radical (unpaired) electrons. The van der Waals surface area contributed by atoms with Gasteiger partial charge in [-0.3, -0.25) is 4.90 Å². The van der Waals surface area contributed by atoms with Crippen molar-refractivity contribution >= 4 is 17.6 Å². The smallest absolute Gasteiger partial charge is 0.336 e. The van der Waals surface area contributed by atoms with Gasteiger partial charge in [0, 0.05) is 56.4 Å². The number of hydrogen-bond donors (Lipinski definition) is 0. The lowest BCUT2D eigenvalue weighted by molar-refractivity contribution is -0.139. The number of rotatable bonds is 14. The molecule has 9 heteroatoms. The average Bonchev–Trinajstić information content (AvgIpc) is 3.14. The zero-order chi connectivity index (χ0) is 34.8. The maximum atomic E-state index is 14.2. The SMILES string of the molecule is COC(=O)C1=C(C)N(CCCc2ccccc2)C(C)=C(C(=O)OCCCN2CCN(c3ccccc3)CC2)C1c1ccc(OC)c(OC)c1. The summed E-state index contributed by atoms with van der Waals surface area (Å²) in [6, 6.07) is 26.3. The highest BCUT2D eigenvalue weighted by Gasteiger charge is 2.40. The number of esters is 2. The Morgan fingerprint density at radius 2 is 1.35 bits per heavy atom. The van der Waals surface area contributed by atoms with Crippen LogP contribution < -0.4 is 14.4 Å². The van der Waals surface area contributed by atoms with E-state index in [1.54, 1.807) is 20.3 Å². The van der Waals surface area contributed by atoms with Crippen LogP contribution in [0.15, 0.2) is 101 Å². The number of methoxy groups -OCH3 is 3. The van der Waals surface area contributed by atoms with Gasteiger partial charge in [0.25, 0.3) is 0 Å². The number of nitrogens with zero attached hydrogens (tertiary/aromatic N) is 3.